The van der Waals surface area contributed by atoms with Crippen molar-refractivity contribution in [3.63, 3.8) is 0 Å². The Morgan fingerprint density at radius 2 is 2.07 bits per heavy atom. The van der Waals surface area contributed by atoms with E-state index in [2.05, 4.69) is 15.5 Å². The van der Waals surface area contributed by atoms with Crippen LogP contribution < -0.4 is 5.32 Å². The summed E-state index contributed by atoms with van der Waals surface area (Å²) in [4.78, 5) is 5.72. The smallest absolute Gasteiger partial charge is 0.257 e. The molecule has 1 fully saturated rings. The van der Waals surface area contributed by atoms with Crippen LogP contribution in [0.1, 0.15) is 30.6 Å². The van der Waals surface area contributed by atoms with E-state index >= 15 is 0 Å². The highest BCUT2D eigenvalue weighted by Crippen LogP contribution is 2.40. The first-order valence-corrected chi connectivity index (χ1v) is 10.3. The highest BCUT2D eigenvalue weighted by atomic mass is 32.2. The number of thiophene rings is 1. The summed E-state index contributed by atoms with van der Waals surface area (Å²) < 4.78 is 19.6. The van der Waals surface area contributed by atoms with E-state index in [1.54, 1.807) is 24.8 Å². The predicted molar refractivity (Wildman–Crippen MR) is 108 cm³/mol. The second-order valence-electron chi connectivity index (χ2n) is 6.94. The molecule has 0 bridgehead atoms. The summed E-state index contributed by atoms with van der Waals surface area (Å²) >= 11 is 3.09. The second-order valence-corrected chi connectivity index (χ2v) is 9.67. The van der Waals surface area contributed by atoms with Crippen LogP contribution >= 0.6 is 23.1 Å². The zero-order chi connectivity index (χ0) is 19.2. The minimum Gasteiger partial charge on any atom is -0.364 e. The first-order valence-electron chi connectivity index (χ1n) is 8.53. The lowest BCUT2D eigenvalue weighted by molar-refractivity contribution is 0.425. The third-order valence-corrected chi connectivity index (χ3v) is 7.18. The number of nitrogens with one attached hydrogen (secondary N) is 2. The van der Waals surface area contributed by atoms with Crippen LogP contribution in [0.5, 0.6) is 0 Å². The fourth-order valence-electron chi connectivity index (χ4n) is 2.88. The van der Waals surface area contributed by atoms with E-state index in [-0.39, 0.29) is 16.6 Å². The zero-order valence-electron chi connectivity index (χ0n) is 15.2. The predicted octanol–water partition coefficient (Wildman–Crippen LogP) is 5.05. The van der Waals surface area contributed by atoms with Gasteiger partial charge >= 0.3 is 0 Å². The number of rotatable bonds is 3. The van der Waals surface area contributed by atoms with Crippen LogP contribution in [-0.2, 0) is 0 Å². The SMILES string of the molecule is Cc1noc(-c2cccc(-c3cc(F)c(C4CSC(C)(C)C(=N)N4)s3)c2)n1. The van der Waals surface area contributed by atoms with Crippen LogP contribution in [0.4, 0.5) is 4.39 Å². The van der Waals surface area contributed by atoms with Gasteiger partial charge in [0.15, 0.2) is 5.82 Å². The van der Waals surface area contributed by atoms with Crippen molar-refractivity contribution >= 4 is 28.9 Å². The molecule has 2 aromatic heterocycles. The number of benzene rings is 1. The molecule has 1 unspecified atom stereocenters. The summed E-state index contributed by atoms with van der Waals surface area (Å²) in [5.74, 6) is 1.96. The maximum atomic E-state index is 14.7. The fourth-order valence-corrected chi connectivity index (χ4v) is 5.10. The van der Waals surface area contributed by atoms with Crippen molar-refractivity contribution < 1.29 is 8.91 Å². The Morgan fingerprint density at radius 3 is 2.78 bits per heavy atom. The maximum Gasteiger partial charge on any atom is 0.257 e. The zero-order valence-corrected chi connectivity index (χ0v) is 16.8. The molecule has 27 heavy (non-hydrogen) atoms. The molecule has 1 atom stereocenters. The maximum absolute atomic E-state index is 14.7. The molecule has 0 saturated carbocycles. The van der Waals surface area contributed by atoms with Gasteiger partial charge in [-0.25, -0.2) is 4.39 Å². The van der Waals surface area contributed by atoms with Gasteiger partial charge in [-0.15, -0.1) is 23.1 Å². The quantitative estimate of drug-likeness (QED) is 0.641. The molecular weight excluding hydrogens is 383 g/mol. The standard InChI is InChI=1S/C19H19FN4OS2/c1-10-22-17(25-24-10)12-6-4-5-11(7-12)15-8-13(20)16(27-15)14-9-26-19(2,3)18(21)23-14/h4-8,14H,9H2,1-3H3,(H2,21,23). The molecule has 0 radical (unpaired) electrons. The summed E-state index contributed by atoms with van der Waals surface area (Å²) in [7, 11) is 0. The van der Waals surface area contributed by atoms with Crippen molar-refractivity contribution in [1.29, 1.82) is 5.41 Å². The normalized spacial score (nSPS) is 19.1. The Labute approximate surface area is 164 Å². The van der Waals surface area contributed by atoms with Gasteiger partial charge in [0, 0.05) is 16.2 Å². The Kier molecular flexibility index (Phi) is 4.55. The lowest BCUT2D eigenvalue weighted by Crippen LogP contribution is -2.46. The minimum atomic E-state index is -0.260. The number of aryl methyl sites for hydroxylation is 1. The van der Waals surface area contributed by atoms with Gasteiger partial charge in [0.1, 0.15) is 11.7 Å². The molecule has 0 amide bonds. The fraction of sp³-hybridized carbons (Fsp3) is 0.316. The van der Waals surface area contributed by atoms with Crippen LogP contribution in [0.25, 0.3) is 21.9 Å². The number of amidine groups is 1. The van der Waals surface area contributed by atoms with E-state index in [0.29, 0.717) is 22.4 Å². The second kappa shape index (κ2) is 6.76. The van der Waals surface area contributed by atoms with Gasteiger partial charge in [-0.3, -0.25) is 5.41 Å². The van der Waals surface area contributed by atoms with Gasteiger partial charge in [-0.2, -0.15) is 4.98 Å². The van der Waals surface area contributed by atoms with Gasteiger partial charge in [-0.1, -0.05) is 17.3 Å². The molecule has 8 heteroatoms. The van der Waals surface area contributed by atoms with Crippen LogP contribution in [0.2, 0.25) is 0 Å². The Morgan fingerprint density at radius 1 is 1.30 bits per heavy atom. The van der Waals surface area contributed by atoms with Gasteiger partial charge in [-0.05, 0) is 44.5 Å². The van der Waals surface area contributed by atoms with Crippen molar-refractivity contribution in [1.82, 2.24) is 15.5 Å². The van der Waals surface area contributed by atoms with E-state index in [9.17, 15) is 4.39 Å². The molecule has 4 rings (SSSR count). The molecule has 1 saturated heterocycles. The van der Waals surface area contributed by atoms with Crippen molar-refractivity contribution in [2.45, 2.75) is 31.6 Å². The number of halogens is 1. The molecule has 1 aliphatic rings. The van der Waals surface area contributed by atoms with E-state index < -0.39 is 0 Å². The van der Waals surface area contributed by atoms with Crippen molar-refractivity contribution in [2.75, 3.05) is 5.75 Å². The van der Waals surface area contributed by atoms with Crippen molar-refractivity contribution in [2.24, 2.45) is 0 Å². The van der Waals surface area contributed by atoms with Crippen LogP contribution in [-0.4, -0.2) is 26.5 Å². The Hall–Kier alpha value is -2.19. The molecule has 140 valence electrons. The molecule has 1 aliphatic heterocycles. The monoisotopic (exact) mass is 402 g/mol. The largest absolute Gasteiger partial charge is 0.364 e. The third kappa shape index (κ3) is 3.51. The number of hydrogen-bond donors (Lipinski definition) is 2. The summed E-state index contributed by atoms with van der Waals surface area (Å²) in [6, 6.07) is 9.04. The minimum absolute atomic E-state index is 0.184. The van der Waals surface area contributed by atoms with Gasteiger partial charge < -0.3 is 9.84 Å². The molecule has 3 heterocycles. The van der Waals surface area contributed by atoms with Crippen molar-refractivity contribution in [3.05, 3.63) is 46.9 Å². The molecule has 1 aromatic carbocycles. The summed E-state index contributed by atoms with van der Waals surface area (Å²) in [5, 5.41) is 15.2. The number of aromatic nitrogens is 2. The third-order valence-electron chi connectivity index (χ3n) is 4.48. The number of nitrogens with zero attached hydrogens (tertiary/aromatic N) is 2. The summed E-state index contributed by atoms with van der Waals surface area (Å²) in [5.41, 5.74) is 1.70. The molecular formula is C19H19FN4OS2. The lowest BCUT2D eigenvalue weighted by Gasteiger charge is -2.35. The van der Waals surface area contributed by atoms with Crippen LogP contribution in [0.15, 0.2) is 34.9 Å². The van der Waals surface area contributed by atoms with Crippen LogP contribution in [0.3, 0.4) is 0 Å². The number of hydrogen-bond acceptors (Lipinski definition) is 6. The van der Waals surface area contributed by atoms with Crippen LogP contribution in [0, 0.1) is 18.2 Å². The molecule has 0 aliphatic carbocycles. The van der Waals surface area contributed by atoms with E-state index in [0.717, 1.165) is 21.8 Å². The van der Waals surface area contributed by atoms with E-state index in [1.807, 2.05) is 38.1 Å². The first-order chi connectivity index (χ1) is 12.8. The first kappa shape index (κ1) is 18.2. The van der Waals surface area contributed by atoms with Crippen molar-refractivity contribution in [3.8, 4) is 21.9 Å². The molecule has 0 spiro atoms. The summed E-state index contributed by atoms with van der Waals surface area (Å²) in [6.45, 7) is 5.78. The Bertz CT molecular complexity index is 1010. The average Bonchev–Trinajstić information content (AvgIpc) is 3.24. The molecule has 3 aromatic rings. The Balaban J connectivity index is 1.63. The van der Waals surface area contributed by atoms with Gasteiger partial charge in [0.05, 0.1) is 15.7 Å². The topological polar surface area (TPSA) is 74.8 Å². The van der Waals surface area contributed by atoms with E-state index in [4.69, 9.17) is 9.93 Å². The highest BCUT2D eigenvalue weighted by Gasteiger charge is 2.34. The lowest BCUT2D eigenvalue weighted by atomic mass is 10.1. The van der Waals surface area contributed by atoms with Gasteiger partial charge in [0.2, 0.25) is 0 Å². The average molecular weight is 403 g/mol. The molecule has 5 nitrogen and oxygen atoms in total. The highest BCUT2D eigenvalue weighted by molar-refractivity contribution is 8.01. The van der Waals surface area contributed by atoms with E-state index in [1.165, 1.54) is 11.3 Å². The number of thioether (sulfide) groups is 1. The molecule has 2 N–H and O–H groups in total. The van der Waals surface area contributed by atoms with Gasteiger partial charge in [0.25, 0.3) is 5.89 Å². The summed E-state index contributed by atoms with van der Waals surface area (Å²) in [6.07, 6.45) is 0.